The molecule has 7 heteroatoms. The maximum absolute atomic E-state index is 12.6. The Hall–Kier alpha value is -3.74. The van der Waals surface area contributed by atoms with E-state index in [0.717, 1.165) is 11.3 Å². The third-order valence-corrected chi connectivity index (χ3v) is 3.92. The van der Waals surface area contributed by atoms with Crippen molar-refractivity contribution in [1.29, 1.82) is 0 Å². The molecule has 1 aromatic heterocycles. The van der Waals surface area contributed by atoms with Gasteiger partial charge < -0.3 is 15.4 Å². The molecule has 0 aliphatic carbocycles. The number of nitrogens with zero attached hydrogens (tertiary/aromatic N) is 2. The molecule has 0 unspecified atom stereocenters. The molecule has 0 atom stereocenters. The summed E-state index contributed by atoms with van der Waals surface area (Å²) in [5.41, 5.74) is 3.18. The van der Waals surface area contributed by atoms with Crippen molar-refractivity contribution in [2.24, 2.45) is 0 Å². The molecule has 1 heterocycles. The van der Waals surface area contributed by atoms with Crippen molar-refractivity contribution in [2.75, 3.05) is 17.7 Å². The van der Waals surface area contributed by atoms with Crippen LogP contribution >= 0.6 is 0 Å². The number of hydrogen-bond acceptors (Lipinski definition) is 6. The molecule has 0 aliphatic heterocycles. The number of hydrogen-bond donors (Lipinski definition) is 2. The molecule has 28 heavy (non-hydrogen) atoms. The summed E-state index contributed by atoms with van der Waals surface area (Å²) in [5.74, 6) is 0.202. The number of nitrogens with one attached hydrogen (secondary N) is 2. The highest BCUT2D eigenvalue weighted by Gasteiger charge is 2.12. The second kappa shape index (κ2) is 8.30. The number of methoxy groups -OCH3 is 1. The fourth-order valence-corrected chi connectivity index (χ4v) is 2.62. The van der Waals surface area contributed by atoms with Crippen LogP contribution in [-0.2, 0) is 4.74 Å². The molecule has 0 aliphatic rings. The van der Waals surface area contributed by atoms with Gasteiger partial charge in [-0.25, -0.2) is 14.8 Å². The lowest BCUT2D eigenvalue weighted by atomic mass is 10.2. The zero-order valence-electron chi connectivity index (χ0n) is 15.8. The molecule has 2 aromatic carbocycles. The van der Waals surface area contributed by atoms with Crippen molar-refractivity contribution < 1.29 is 14.3 Å². The standard InChI is InChI=1S/C21H20N4O3/c1-13-5-4-6-17(11-13)24-19-12-18(22-14(2)23-19)20(26)25-16-9-7-15(8-10-16)21(27)28-3/h4-12H,1-3H3,(H,25,26)(H,22,23,24). The fraction of sp³-hybridized carbons (Fsp3) is 0.143. The Morgan fingerprint density at radius 1 is 0.929 bits per heavy atom. The average molecular weight is 376 g/mol. The summed E-state index contributed by atoms with van der Waals surface area (Å²) in [6, 6.07) is 15.9. The molecule has 142 valence electrons. The van der Waals surface area contributed by atoms with Crippen LogP contribution < -0.4 is 10.6 Å². The first kappa shape index (κ1) is 19.0. The SMILES string of the molecule is COC(=O)c1ccc(NC(=O)c2cc(Nc3cccc(C)c3)nc(C)n2)cc1. The van der Waals surface area contributed by atoms with E-state index in [2.05, 4.69) is 25.3 Å². The number of amides is 1. The smallest absolute Gasteiger partial charge is 0.337 e. The Kier molecular flexibility index (Phi) is 5.64. The van der Waals surface area contributed by atoms with E-state index in [9.17, 15) is 9.59 Å². The third-order valence-electron chi connectivity index (χ3n) is 3.92. The van der Waals surface area contributed by atoms with Gasteiger partial charge in [0.15, 0.2) is 0 Å². The zero-order chi connectivity index (χ0) is 20.1. The van der Waals surface area contributed by atoms with E-state index in [-0.39, 0.29) is 11.6 Å². The van der Waals surface area contributed by atoms with E-state index >= 15 is 0 Å². The predicted molar refractivity (Wildman–Crippen MR) is 107 cm³/mol. The van der Waals surface area contributed by atoms with Crippen LogP contribution in [0.2, 0.25) is 0 Å². The number of carbonyl (C=O) groups excluding carboxylic acids is 2. The molecule has 0 bridgehead atoms. The molecule has 3 aromatic rings. The molecule has 7 nitrogen and oxygen atoms in total. The number of aryl methyl sites for hydroxylation is 2. The first-order valence-corrected chi connectivity index (χ1v) is 8.64. The lowest BCUT2D eigenvalue weighted by Crippen LogP contribution is -2.15. The topological polar surface area (TPSA) is 93.2 Å². The minimum absolute atomic E-state index is 0.236. The largest absolute Gasteiger partial charge is 0.465 e. The highest BCUT2D eigenvalue weighted by atomic mass is 16.5. The van der Waals surface area contributed by atoms with Gasteiger partial charge in [0, 0.05) is 17.4 Å². The van der Waals surface area contributed by atoms with E-state index in [1.165, 1.54) is 7.11 Å². The van der Waals surface area contributed by atoms with Crippen LogP contribution in [0.1, 0.15) is 32.2 Å². The quantitative estimate of drug-likeness (QED) is 0.657. The van der Waals surface area contributed by atoms with Crippen LogP contribution in [0.25, 0.3) is 0 Å². The lowest BCUT2D eigenvalue weighted by molar-refractivity contribution is 0.0600. The van der Waals surface area contributed by atoms with Crippen LogP contribution in [0.3, 0.4) is 0 Å². The minimum atomic E-state index is -0.434. The van der Waals surface area contributed by atoms with Crippen LogP contribution in [-0.4, -0.2) is 29.0 Å². The Morgan fingerprint density at radius 2 is 1.68 bits per heavy atom. The van der Waals surface area contributed by atoms with E-state index in [4.69, 9.17) is 0 Å². The maximum Gasteiger partial charge on any atom is 0.337 e. The van der Waals surface area contributed by atoms with Gasteiger partial charge in [-0.05, 0) is 55.8 Å². The second-order valence-corrected chi connectivity index (χ2v) is 6.20. The van der Waals surface area contributed by atoms with Gasteiger partial charge in [-0.2, -0.15) is 0 Å². The second-order valence-electron chi connectivity index (χ2n) is 6.20. The molecule has 0 saturated heterocycles. The molecule has 0 saturated carbocycles. The van der Waals surface area contributed by atoms with E-state index < -0.39 is 5.97 Å². The van der Waals surface area contributed by atoms with Crippen LogP contribution in [0.4, 0.5) is 17.2 Å². The fourth-order valence-electron chi connectivity index (χ4n) is 2.62. The number of rotatable bonds is 5. The summed E-state index contributed by atoms with van der Waals surface area (Å²) in [5, 5.41) is 5.95. The lowest BCUT2D eigenvalue weighted by Gasteiger charge is -2.10. The Labute approximate surface area is 162 Å². The zero-order valence-corrected chi connectivity index (χ0v) is 15.8. The molecule has 0 fully saturated rings. The van der Waals surface area contributed by atoms with Gasteiger partial charge in [-0.1, -0.05) is 12.1 Å². The number of esters is 1. The number of aromatic nitrogens is 2. The molecule has 1 amide bonds. The summed E-state index contributed by atoms with van der Waals surface area (Å²) in [4.78, 5) is 32.6. The van der Waals surface area contributed by atoms with Crippen LogP contribution in [0.5, 0.6) is 0 Å². The summed E-state index contributed by atoms with van der Waals surface area (Å²) in [6.45, 7) is 3.73. The monoisotopic (exact) mass is 376 g/mol. The van der Waals surface area contributed by atoms with Crippen molar-refractivity contribution in [3.8, 4) is 0 Å². The van der Waals surface area contributed by atoms with Gasteiger partial charge in [-0.3, -0.25) is 4.79 Å². The number of ether oxygens (including phenoxy) is 1. The first-order valence-electron chi connectivity index (χ1n) is 8.64. The summed E-state index contributed by atoms with van der Waals surface area (Å²) in [6.07, 6.45) is 0. The number of benzene rings is 2. The van der Waals surface area contributed by atoms with Crippen molar-refractivity contribution in [1.82, 2.24) is 9.97 Å². The molecule has 2 N–H and O–H groups in total. The maximum atomic E-state index is 12.6. The van der Waals surface area contributed by atoms with Gasteiger partial charge in [-0.15, -0.1) is 0 Å². The van der Waals surface area contributed by atoms with Gasteiger partial charge in [0.05, 0.1) is 12.7 Å². The summed E-state index contributed by atoms with van der Waals surface area (Å²) < 4.78 is 4.66. The van der Waals surface area contributed by atoms with E-state index in [1.54, 1.807) is 37.3 Å². The van der Waals surface area contributed by atoms with Crippen molar-refractivity contribution in [3.05, 3.63) is 77.2 Å². The summed E-state index contributed by atoms with van der Waals surface area (Å²) in [7, 11) is 1.32. The van der Waals surface area contributed by atoms with Crippen LogP contribution in [0.15, 0.2) is 54.6 Å². The van der Waals surface area contributed by atoms with Crippen molar-refractivity contribution in [3.63, 3.8) is 0 Å². The minimum Gasteiger partial charge on any atom is -0.465 e. The number of carbonyl (C=O) groups is 2. The van der Waals surface area contributed by atoms with Crippen molar-refractivity contribution in [2.45, 2.75) is 13.8 Å². The van der Waals surface area contributed by atoms with Crippen LogP contribution in [0, 0.1) is 13.8 Å². The normalized spacial score (nSPS) is 10.2. The Balaban J connectivity index is 1.76. The molecule has 3 rings (SSSR count). The van der Waals surface area contributed by atoms with E-state index in [0.29, 0.717) is 22.9 Å². The molecule has 0 radical (unpaired) electrons. The summed E-state index contributed by atoms with van der Waals surface area (Å²) >= 11 is 0. The molecular weight excluding hydrogens is 356 g/mol. The highest BCUT2D eigenvalue weighted by molar-refractivity contribution is 6.03. The third kappa shape index (κ3) is 4.70. The molecule has 0 spiro atoms. The van der Waals surface area contributed by atoms with Gasteiger partial charge in [0.1, 0.15) is 17.3 Å². The van der Waals surface area contributed by atoms with Gasteiger partial charge >= 0.3 is 5.97 Å². The Morgan fingerprint density at radius 3 is 2.36 bits per heavy atom. The Bertz CT molecular complexity index is 1020. The molecular formula is C21H20N4O3. The predicted octanol–water partition coefficient (Wildman–Crippen LogP) is 3.88. The first-order chi connectivity index (χ1) is 13.4. The van der Waals surface area contributed by atoms with Gasteiger partial charge in [0.25, 0.3) is 5.91 Å². The average Bonchev–Trinajstić information content (AvgIpc) is 2.67. The highest BCUT2D eigenvalue weighted by Crippen LogP contribution is 2.18. The van der Waals surface area contributed by atoms with Crippen molar-refractivity contribution >= 4 is 29.1 Å². The number of anilines is 3. The van der Waals surface area contributed by atoms with E-state index in [1.807, 2.05) is 31.2 Å². The van der Waals surface area contributed by atoms with Gasteiger partial charge in [0.2, 0.25) is 0 Å².